The molecule has 0 aliphatic carbocycles. The number of benzene rings is 1. The third-order valence-electron chi connectivity index (χ3n) is 3.66. The molecular formula is C15H22N2O. The smallest absolute Gasteiger partial charge is 0.224 e. The summed E-state index contributed by atoms with van der Waals surface area (Å²) in [4.78, 5) is 11.3. The van der Waals surface area contributed by atoms with E-state index in [1.807, 2.05) is 13.1 Å². The first-order chi connectivity index (χ1) is 8.72. The van der Waals surface area contributed by atoms with Crippen LogP contribution >= 0.6 is 0 Å². The molecule has 0 saturated heterocycles. The summed E-state index contributed by atoms with van der Waals surface area (Å²) in [6.07, 6.45) is 3.79. The number of anilines is 1. The maximum absolute atomic E-state index is 11.3. The van der Waals surface area contributed by atoms with Crippen LogP contribution in [0.3, 0.4) is 0 Å². The number of hydrogen-bond donors (Lipinski definition) is 2. The van der Waals surface area contributed by atoms with Crippen LogP contribution in [0.4, 0.5) is 5.69 Å². The van der Waals surface area contributed by atoms with E-state index in [-0.39, 0.29) is 5.91 Å². The molecule has 1 atom stereocenters. The number of amides is 1. The van der Waals surface area contributed by atoms with Crippen molar-refractivity contribution < 1.29 is 4.79 Å². The number of carbonyl (C=O) groups is 1. The van der Waals surface area contributed by atoms with Gasteiger partial charge in [0.05, 0.1) is 0 Å². The largest absolute Gasteiger partial charge is 0.326 e. The number of aryl methyl sites for hydroxylation is 1. The Hall–Kier alpha value is -1.35. The fourth-order valence-corrected chi connectivity index (χ4v) is 2.55. The highest BCUT2D eigenvalue weighted by Crippen LogP contribution is 2.25. The average Bonchev–Trinajstić information content (AvgIpc) is 2.38. The summed E-state index contributed by atoms with van der Waals surface area (Å²) in [7, 11) is 2.01. The standard InChI is InChI=1S/C15H22N2O/c1-3-11(10-16-2)8-12-4-6-14-13(9-12)5-7-15(18)17-14/h4,6,9,11,16H,3,5,7-8,10H2,1-2H3,(H,17,18). The molecule has 2 rings (SSSR count). The quantitative estimate of drug-likeness (QED) is 0.837. The summed E-state index contributed by atoms with van der Waals surface area (Å²) in [5.41, 5.74) is 3.66. The third kappa shape index (κ3) is 3.10. The number of nitrogens with one attached hydrogen (secondary N) is 2. The van der Waals surface area contributed by atoms with Crippen LogP contribution in [-0.4, -0.2) is 19.5 Å². The summed E-state index contributed by atoms with van der Waals surface area (Å²) in [6, 6.07) is 6.45. The lowest BCUT2D eigenvalue weighted by Crippen LogP contribution is -2.21. The van der Waals surface area contributed by atoms with Gasteiger partial charge in [-0.15, -0.1) is 0 Å². The highest BCUT2D eigenvalue weighted by molar-refractivity contribution is 5.93. The zero-order valence-electron chi connectivity index (χ0n) is 11.3. The van der Waals surface area contributed by atoms with Crippen LogP contribution in [-0.2, 0) is 17.6 Å². The molecule has 0 aromatic heterocycles. The van der Waals surface area contributed by atoms with E-state index in [4.69, 9.17) is 0 Å². The molecule has 1 unspecified atom stereocenters. The van der Waals surface area contributed by atoms with Crippen molar-refractivity contribution in [2.24, 2.45) is 5.92 Å². The van der Waals surface area contributed by atoms with Crippen molar-refractivity contribution in [2.75, 3.05) is 18.9 Å². The van der Waals surface area contributed by atoms with E-state index in [9.17, 15) is 4.79 Å². The van der Waals surface area contributed by atoms with Gasteiger partial charge in [0.25, 0.3) is 0 Å². The molecule has 1 amide bonds. The van der Waals surface area contributed by atoms with Crippen molar-refractivity contribution in [1.82, 2.24) is 5.32 Å². The Kier molecular flexibility index (Phi) is 4.37. The number of carbonyl (C=O) groups excluding carboxylic acids is 1. The zero-order chi connectivity index (χ0) is 13.0. The maximum atomic E-state index is 11.3. The SMILES string of the molecule is CCC(CNC)Cc1ccc2c(c1)CCC(=O)N2. The van der Waals surface area contributed by atoms with Crippen LogP contribution in [0.5, 0.6) is 0 Å². The molecule has 0 radical (unpaired) electrons. The molecule has 18 heavy (non-hydrogen) atoms. The second-order valence-electron chi connectivity index (χ2n) is 5.08. The molecule has 1 aliphatic rings. The Morgan fingerprint density at radius 3 is 2.94 bits per heavy atom. The summed E-state index contributed by atoms with van der Waals surface area (Å²) in [5, 5.41) is 6.18. The van der Waals surface area contributed by atoms with E-state index in [2.05, 4.69) is 29.7 Å². The van der Waals surface area contributed by atoms with Crippen molar-refractivity contribution in [2.45, 2.75) is 32.6 Å². The van der Waals surface area contributed by atoms with Crippen LogP contribution in [0.2, 0.25) is 0 Å². The van der Waals surface area contributed by atoms with Crippen LogP contribution in [0.15, 0.2) is 18.2 Å². The number of rotatable bonds is 5. The van der Waals surface area contributed by atoms with Gasteiger partial charge in [-0.25, -0.2) is 0 Å². The second-order valence-corrected chi connectivity index (χ2v) is 5.08. The molecule has 1 heterocycles. The molecule has 0 saturated carbocycles. The topological polar surface area (TPSA) is 41.1 Å². The maximum Gasteiger partial charge on any atom is 0.224 e. The van der Waals surface area contributed by atoms with Gasteiger partial charge in [-0.3, -0.25) is 4.79 Å². The molecule has 3 nitrogen and oxygen atoms in total. The monoisotopic (exact) mass is 246 g/mol. The molecule has 3 heteroatoms. The summed E-state index contributed by atoms with van der Waals surface area (Å²) < 4.78 is 0. The first kappa shape index (κ1) is 13.1. The summed E-state index contributed by atoms with van der Waals surface area (Å²) in [6.45, 7) is 3.30. The lowest BCUT2D eigenvalue weighted by Gasteiger charge is -2.19. The van der Waals surface area contributed by atoms with Crippen molar-refractivity contribution in [3.8, 4) is 0 Å². The average molecular weight is 246 g/mol. The van der Waals surface area contributed by atoms with Gasteiger partial charge >= 0.3 is 0 Å². The van der Waals surface area contributed by atoms with Crippen molar-refractivity contribution in [3.63, 3.8) is 0 Å². The molecule has 1 aromatic carbocycles. The lowest BCUT2D eigenvalue weighted by atomic mass is 9.93. The van der Waals surface area contributed by atoms with E-state index >= 15 is 0 Å². The molecule has 0 fully saturated rings. The zero-order valence-corrected chi connectivity index (χ0v) is 11.3. The third-order valence-corrected chi connectivity index (χ3v) is 3.66. The fraction of sp³-hybridized carbons (Fsp3) is 0.533. The van der Waals surface area contributed by atoms with E-state index in [0.29, 0.717) is 12.3 Å². The Labute approximate surface area is 109 Å². The van der Waals surface area contributed by atoms with Crippen molar-refractivity contribution >= 4 is 11.6 Å². The fourth-order valence-electron chi connectivity index (χ4n) is 2.55. The molecule has 1 aliphatic heterocycles. The van der Waals surface area contributed by atoms with Crippen molar-refractivity contribution in [3.05, 3.63) is 29.3 Å². The van der Waals surface area contributed by atoms with Crippen LogP contribution in [0.25, 0.3) is 0 Å². The Morgan fingerprint density at radius 1 is 1.39 bits per heavy atom. The van der Waals surface area contributed by atoms with Gasteiger partial charge in [-0.2, -0.15) is 0 Å². The molecule has 98 valence electrons. The van der Waals surface area contributed by atoms with Crippen LogP contribution < -0.4 is 10.6 Å². The predicted molar refractivity (Wildman–Crippen MR) is 74.8 cm³/mol. The predicted octanol–water partition coefficient (Wildman–Crippen LogP) is 2.36. The summed E-state index contributed by atoms with van der Waals surface area (Å²) in [5.74, 6) is 0.822. The van der Waals surface area contributed by atoms with E-state index in [0.717, 1.165) is 25.1 Å². The van der Waals surface area contributed by atoms with Gasteiger partial charge < -0.3 is 10.6 Å². The highest BCUT2D eigenvalue weighted by atomic mass is 16.1. The minimum Gasteiger partial charge on any atom is -0.326 e. The normalized spacial score (nSPS) is 16.0. The van der Waals surface area contributed by atoms with Gasteiger partial charge in [-0.05, 0) is 49.5 Å². The molecule has 1 aromatic rings. The molecule has 2 N–H and O–H groups in total. The lowest BCUT2D eigenvalue weighted by molar-refractivity contribution is -0.116. The Balaban J connectivity index is 2.09. The Morgan fingerprint density at radius 2 is 2.22 bits per heavy atom. The van der Waals surface area contributed by atoms with Gasteiger partial charge in [0, 0.05) is 12.1 Å². The first-order valence-electron chi connectivity index (χ1n) is 6.79. The Bertz CT molecular complexity index is 429. The van der Waals surface area contributed by atoms with Gasteiger partial charge in [0.1, 0.15) is 0 Å². The minimum atomic E-state index is 0.136. The number of hydrogen-bond acceptors (Lipinski definition) is 2. The molecular weight excluding hydrogens is 224 g/mol. The van der Waals surface area contributed by atoms with E-state index in [1.165, 1.54) is 17.5 Å². The summed E-state index contributed by atoms with van der Waals surface area (Å²) >= 11 is 0. The van der Waals surface area contributed by atoms with Crippen LogP contribution in [0, 0.1) is 5.92 Å². The first-order valence-corrected chi connectivity index (χ1v) is 6.79. The van der Waals surface area contributed by atoms with Gasteiger partial charge in [0.2, 0.25) is 5.91 Å². The minimum absolute atomic E-state index is 0.136. The van der Waals surface area contributed by atoms with E-state index < -0.39 is 0 Å². The van der Waals surface area contributed by atoms with Crippen molar-refractivity contribution in [1.29, 1.82) is 0 Å². The second kappa shape index (κ2) is 6.01. The van der Waals surface area contributed by atoms with Gasteiger partial charge in [0.15, 0.2) is 0 Å². The highest BCUT2D eigenvalue weighted by Gasteiger charge is 2.15. The molecule has 0 bridgehead atoms. The number of fused-ring (bicyclic) bond motifs is 1. The van der Waals surface area contributed by atoms with Crippen LogP contribution in [0.1, 0.15) is 30.9 Å². The molecule has 0 spiro atoms. The van der Waals surface area contributed by atoms with Gasteiger partial charge in [-0.1, -0.05) is 25.5 Å². The van der Waals surface area contributed by atoms with E-state index in [1.54, 1.807) is 0 Å².